The molecule has 0 spiro atoms. The van der Waals surface area contributed by atoms with Crippen LogP contribution in [0.15, 0.2) is 74.5 Å². The molecule has 3 aromatic heterocycles. The number of hydrogen-bond donors (Lipinski definition) is 3. The lowest BCUT2D eigenvalue weighted by atomic mass is 10.1. The van der Waals surface area contributed by atoms with Gasteiger partial charge < -0.3 is 10.6 Å². The number of nitrogens with one attached hydrogen (secondary N) is 3. The summed E-state index contributed by atoms with van der Waals surface area (Å²) in [5.74, 6) is 0. The Hall–Kier alpha value is -4.14. The normalized spacial score (nSPS) is 11.3. The fourth-order valence-electron chi connectivity index (χ4n) is 3.05. The van der Waals surface area contributed by atoms with E-state index in [9.17, 15) is 13.2 Å². The van der Waals surface area contributed by atoms with Crippen LogP contribution in [0.5, 0.6) is 0 Å². The summed E-state index contributed by atoms with van der Waals surface area (Å²) in [6.07, 6.45) is 2.53. The molecule has 0 saturated carbocycles. The molecule has 1 aromatic carbocycles. The number of nitrogens with zero attached hydrogens (tertiary/aromatic N) is 3. The summed E-state index contributed by atoms with van der Waals surface area (Å²) in [7, 11) is 0. The first kappa shape index (κ1) is 20.1. The Bertz CT molecular complexity index is 1270. The first-order chi connectivity index (χ1) is 14.8. The average molecular weight is 422 g/mol. The second-order valence-corrected chi connectivity index (χ2v) is 6.73. The van der Waals surface area contributed by atoms with Gasteiger partial charge in [-0.1, -0.05) is 37.4 Å². The van der Waals surface area contributed by atoms with Crippen LogP contribution in [0.3, 0.4) is 0 Å². The largest absolute Gasteiger partial charge is 0.417 e. The molecule has 4 rings (SSSR count). The van der Waals surface area contributed by atoms with E-state index in [1.165, 1.54) is 12.4 Å². The van der Waals surface area contributed by atoms with Gasteiger partial charge in [0.2, 0.25) is 0 Å². The third-order valence-electron chi connectivity index (χ3n) is 4.59. The molecule has 0 aliphatic carbocycles. The maximum Gasteiger partial charge on any atom is 0.417 e. The van der Waals surface area contributed by atoms with Gasteiger partial charge in [0.1, 0.15) is 5.69 Å². The van der Waals surface area contributed by atoms with Gasteiger partial charge in [0.05, 0.1) is 35.0 Å². The molecule has 0 unspecified atom stereocenters. The molecule has 0 amide bonds. The molecule has 6 nitrogen and oxygen atoms in total. The number of H-pyrrole nitrogens is 1. The van der Waals surface area contributed by atoms with Crippen molar-refractivity contribution in [1.29, 1.82) is 0 Å². The standard InChI is InChI=1S/C22H17F3N6/c1-13(16-7-17(10-26-9-16)22(23,24)25)29-20-12-28-31-21(20)14(2)30-19-11-27-8-15-5-3-4-6-18(15)19/h3-12,29-30H,1-2H2,(H,28,31). The number of aromatic nitrogens is 4. The predicted octanol–water partition coefficient (Wildman–Crippen LogP) is 5.54. The molecule has 31 heavy (non-hydrogen) atoms. The van der Waals surface area contributed by atoms with Gasteiger partial charge in [0.25, 0.3) is 0 Å². The van der Waals surface area contributed by atoms with Gasteiger partial charge in [-0.15, -0.1) is 0 Å². The molecule has 4 aromatic rings. The van der Waals surface area contributed by atoms with Gasteiger partial charge in [0.15, 0.2) is 0 Å². The van der Waals surface area contributed by atoms with Crippen molar-refractivity contribution in [3.63, 3.8) is 0 Å². The molecule has 3 N–H and O–H groups in total. The second-order valence-electron chi connectivity index (χ2n) is 6.73. The van der Waals surface area contributed by atoms with Crippen molar-refractivity contribution in [1.82, 2.24) is 20.2 Å². The molecule has 0 atom stereocenters. The Morgan fingerprint density at radius 2 is 1.61 bits per heavy atom. The number of pyridine rings is 2. The highest BCUT2D eigenvalue weighted by Gasteiger charge is 2.31. The molecule has 0 fully saturated rings. The van der Waals surface area contributed by atoms with Crippen molar-refractivity contribution in [2.24, 2.45) is 0 Å². The van der Waals surface area contributed by atoms with E-state index in [1.54, 1.807) is 12.4 Å². The van der Waals surface area contributed by atoms with E-state index >= 15 is 0 Å². The van der Waals surface area contributed by atoms with Gasteiger partial charge in [0, 0.05) is 40.6 Å². The van der Waals surface area contributed by atoms with Crippen molar-refractivity contribution in [3.8, 4) is 0 Å². The lowest BCUT2D eigenvalue weighted by Gasteiger charge is -2.14. The van der Waals surface area contributed by atoms with Crippen molar-refractivity contribution in [3.05, 3.63) is 91.3 Å². The fourth-order valence-corrected chi connectivity index (χ4v) is 3.05. The zero-order valence-electron chi connectivity index (χ0n) is 16.2. The average Bonchev–Trinajstić information content (AvgIpc) is 3.22. The number of anilines is 2. The maximum absolute atomic E-state index is 13.0. The minimum Gasteiger partial charge on any atom is -0.352 e. The predicted molar refractivity (Wildman–Crippen MR) is 115 cm³/mol. The lowest BCUT2D eigenvalue weighted by molar-refractivity contribution is -0.137. The van der Waals surface area contributed by atoms with Gasteiger partial charge in [-0.25, -0.2) is 0 Å². The van der Waals surface area contributed by atoms with Crippen molar-refractivity contribution < 1.29 is 13.2 Å². The molecule has 0 aliphatic rings. The van der Waals surface area contributed by atoms with Crippen LogP contribution >= 0.6 is 0 Å². The summed E-state index contributed by atoms with van der Waals surface area (Å²) < 4.78 is 38.9. The van der Waals surface area contributed by atoms with Gasteiger partial charge in [-0.2, -0.15) is 18.3 Å². The molecule has 0 bridgehead atoms. The number of halogens is 3. The summed E-state index contributed by atoms with van der Waals surface area (Å²) in [6.45, 7) is 7.87. The fraction of sp³-hybridized carbons (Fsp3) is 0.0455. The lowest BCUT2D eigenvalue weighted by Crippen LogP contribution is -2.08. The minimum atomic E-state index is -4.49. The Kier molecular flexibility index (Phi) is 5.16. The van der Waals surface area contributed by atoms with E-state index in [0.29, 0.717) is 17.1 Å². The highest BCUT2D eigenvalue weighted by Crippen LogP contribution is 2.31. The molecular formula is C22H17F3N6. The minimum absolute atomic E-state index is 0.207. The topological polar surface area (TPSA) is 78.5 Å². The van der Waals surface area contributed by atoms with Crippen LogP contribution in [0, 0.1) is 0 Å². The van der Waals surface area contributed by atoms with Crippen molar-refractivity contribution in [2.45, 2.75) is 6.18 Å². The first-order valence-electron chi connectivity index (χ1n) is 9.14. The Morgan fingerprint density at radius 3 is 2.42 bits per heavy atom. The number of rotatable bonds is 6. The van der Waals surface area contributed by atoms with Gasteiger partial charge in [-0.3, -0.25) is 15.1 Å². The highest BCUT2D eigenvalue weighted by atomic mass is 19.4. The molecule has 0 radical (unpaired) electrons. The Labute approximate surface area is 175 Å². The van der Waals surface area contributed by atoms with E-state index in [-0.39, 0.29) is 11.3 Å². The van der Waals surface area contributed by atoms with Gasteiger partial charge in [-0.05, 0) is 6.07 Å². The van der Waals surface area contributed by atoms with Crippen molar-refractivity contribution in [2.75, 3.05) is 10.6 Å². The summed E-state index contributed by atoms with van der Waals surface area (Å²) in [5.41, 5.74) is 1.86. The second kappa shape index (κ2) is 7.94. The van der Waals surface area contributed by atoms with E-state index in [1.807, 2.05) is 24.3 Å². The van der Waals surface area contributed by atoms with E-state index < -0.39 is 11.7 Å². The SMILES string of the molecule is C=C(Nc1cn[nH]c1C(=C)Nc1cncc2ccccc12)c1cncc(C(F)(F)F)c1. The monoisotopic (exact) mass is 422 g/mol. The third kappa shape index (κ3) is 4.25. The zero-order chi connectivity index (χ0) is 22.0. The summed E-state index contributed by atoms with van der Waals surface area (Å²) in [4.78, 5) is 7.89. The number of aromatic amines is 1. The van der Waals surface area contributed by atoms with E-state index in [0.717, 1.165) is 28.7 Å². The number of hydrogen-bond acceptors (Lipinski definition) is 5. The van der Waals surface area contributed by atoms with Crippen LogP contribution in [0.4, 0.5) is 24.5 Å². The Morgan fingerprint density at radius 1 is 0.871 bits per heavy atom. The molecule has 0 saturated heterocycles. The van der Waals surface area contributed by atoms with Crippen molar-refractivity contribution >= 4 is 33.5 Å². The summed E-state index contributed by atoms with van der Waals surface area (Å²) >= 11 is 0. The van der Waals surface area contributed by atoms with Gasteiger partial charge >= 0.3 is 6.18 Å². The maximum atomic E-state index is 13.0. The first-order valence-corrected chi connectivity index (χ1v) is 9.14. The molecular weight excluding hydrogens is 405 g/mol. The zero-order valence-corrected chi connectivity index (χ0v) is 16.2. The summed E-state index contributed by atoms with van der Waals surface area (Å²) in [6, 6.07) is 8.74. The molecule has 9 heteroatoms. The number of alkyl halides is 3. The van der Waals surface area contributed by atoms with E-state index in [4.69, 9.17) is 0 Å². The van der Waals surface area contributed by atoms with Crippen LogP contribution in [-0.4, -0.2) is 20.2 Å². The van der Waals surface area contributed by atoms with Crippen LogP contribution in [0.2, 0.25) is 0 Å². The number of fused-ring (bicyclic) bond motifs is 1. The van der Waals surface area contributed by atoms with Crippen LogP contribution in [-0.2, 0) is 6.18 Å². The summed E-state index contributed by atoms with van der Waals surface area (Å²) in [5, 5.41) is 15.0. The Balaban J connectivity index is 1.55. The smallest absolute Gasteiger partial charge is 0.352 e. The van der Waals surface area contributed by atoms with Crippen LogP contribution in [0.25, 0.3) is 22.2 Å². The molecule has 156 valence electrons. The van der Waals surface area contributed by atoms with Crippen LogP contribution < -0.4 is 10.6 Å². The quantitative estimate of drug-likeness (QED) is 0.380. The molecule has 0 aliphatic heterocycles. The molecule has 3 heterocycles. The van der Waals surface area contributed by atoms with Crippen LogP contribution in [0.1, 0.15) is 16.8 Å². The third-order valence-corrected chi connectivity index (χ3v) is 4.59. The highest BCUT2D eigenvalue weighted by molar-refractivity contribution is 5.97. The number of benzene rings is 1. The van der Waals surface area contributed by atoms with E-state index in [2.05, 4.69) is 44.0 Å².